The van der Waals surface area contributed by atoms with E-state index in [9.17, 15) is 4.79 Å². The highest BCUT2D eigenvalue weighted by Crippen LogP contribution is 2.21. The Morgan fingerprint density at radius 3 is 2.84 bits per heavy atom. The minimum atomic E-state index is -0.0185. The summed E-state index contributed by atoms with van der Waals surface area (Å²) in [5.74, 6) is -0.0185. The van der Waals surface area contributed by atoms with Gasteiger partial charge in [-0.2, -0.15) is 0 Å². The second-order valence-electron chi connectivity index (χ2n) is 4.32. The van der Waals surface area contributed by atoms with Gasteiger partial charge in [-0.05, 0) is 25.0 Å². The lowest BCUT2D eigenvalue weighted by Crippen LogP contribution is -2.35. The molecule has 0 unspecified atom stereocenters. The van der Waals surface area contributed by atoms with E-state index >= 15 is 0 Å². The Bertz CT molecular complexity index is 399. The topological polar surface area (TPSA) is 50.4 Å². The zero-order valence-electron chi connectivity index (χ0n) is 11.4. The minimum absolute atomic E-state index is 0.0185. The fourth-order valence-corrected chi connectivity index (χ4v) is 1.99. The van der Waals surface area contributed by atoms with E-state index in [4.69, 9.17) is 16.3 Å². The summed E-state index contributed by atoms with van der Waals surface area (Å²) in [6, 6.07) is 7.67. The lowest BCUT2D eigenvalue weighted by atomic mass is 10.1. The van der Waals surface area contributed by atoms with Gasteiger partial charge in [0.15, 0.2) is 0 Å². The second-order valence-corrected chi connectivity index (χ2v) is 4.73. The molecule has 0 spiro atoms. The van der Waals surface area contributed by atoms with Gasteiger partial charge in [0.25, 0.3) is 0 Å². The molecule has 0 radical (unpaired) electrons. The summed E-state index contributed by atoms with van der Waals surface area (Å²) < 4.78 is 4.91. The predicted molar refractivity (Wildman–Crippen MR) is 77.4 cm³/mol. The Morgan fingerprint density at radius 2 is 2.16 bits per heavy atom. The molecule has 0 saturated heterocycles. The van der Waals surface area contributed by atoms with Crippen molar-refractivity contribution >= 4 is 17.5 Å². The normalized spacial score (nSPS) is 12.2. The highest BCUT2D eigenvalue weighted by molar-refractivity contribution is 6.31. The molecule has 4 nitrogen and oxygen atoms in total. The van der Waals surface area contributed by atoms with Gasteiger partial charge in [-0.1, -0.05) is 29.8 Å². The minimum Gasteiger partial charge on any atom is -0.385 e. The third-order valence-electron chi connectivity index (χ3n) is 2.79. The van der Waals surface area contributed by atoms with Crippen molar-refractivity contribution in [2.24, 2.45) is 0 Å². The van der Waals surface area contributed by atoms with Crippen LogP contribution in [0.3, 0.4) is 0 Å². The number of benzene rings is 1. The number of hydrogen-bond acceptors (Lipinski definition) is 3. The fourth-order valence-electron chi connectivity index (χ4n) is 1.69. The highest BCUT2D eigenvalue weighted by Gasteiger charge is 2.09. The molecule has 0 aliphatic heterocycles. The Kier molecular flexibility index (Phi) is 7.48. The molecule has 0 bridgehead atoms. The van der Waals surface area contributed by atoms with Crippen LogP contribution in [0, 0.1) is 0 Å². The summed E-state index contributed by atoms with van der Waals surface area (Å²) in [5.41, 5.74) is 0.997. The number of ether oxygens (including phenoxy) is 1. The van der Waals surface area contributed by atoms with E-state index in [1.807, 2.05) is 31.2 Å². The molecule has 0 fully saturated rings. The van der Waals surface area contributed by atoms with Gasteiger partial charge in [-0.25, -0.2) is 0 Å². The maximum absolute atomic E-state index is 11.6. The van der Waals surface area contributed by atoms with Crippen molar-refractivity contribution in [2.75, 3.05) is 26.8 Å². The highest BCUT2D eigenvalue weighted by atomic mass is 35.5. The van der Waals surface area contributed by atoms with Gasteiger partial charge in [-0.3, -0.25) is 4.79 Å². The summed E-state index contributed by atoms with van der Waals surface area (Å²) in [5, 5.41) is 6.69. The van der Waals surface area contributed by atoms with Crippen LogP contribution in [-0.2, 0) is 9.53 Å². The number of halogens is 1. The first kappa shape index (κ1) is 16.0. The Hall–Kier alpha value is -1.10. The van der Waals surface area contributed by atoms with Crippen LogP contribution in [0.1, 0.15) is 24.9 Å². The Morgan fingerprint density at radius 1 is 1.42 bits per heavy atom. The largest absolute Gasteiger partial charge is 0.385 e. The van der Waals surface area contributed by atoms with Gasteiger partial charge < -0.3 is 15.4 Å². The number of carbonyl (C=O) groups excluding carboxylic acids is 1. The van der Waals surface area contributed by atoms with Gasteiger partial charge in [-0.15, -0.1) is 0 Å². The van der Waals surface area contributed by atoms with E-state index in [1.165, 1.54) is 0 Å². The van der Waals surface area contributed by atoms with Crippen LogP contribution >= 0.6 is 11.6 Å². The number of methoxy groups -OCH3 is 1. The second kappa shape index (κ2) is 8.91. The molecule has 19 heavy (non-hydrogen) atoms. The standard InChI is InChI=1S/C14H21ClN2O2/c1-11(12-6-3-4-7-13(12)15)17-10-14(18)16-8-5-9-19-2/h3-4,6-7,11,17H,5,8-10H2,1-2H3,(H,16,18)/t11-/m1/s1. The molecule has 0 aliphatic carbocycles. The van der Waals surface area contributed by atoms with Crippen molar-refractivity contribution in [3.05, 3.63) is 34.9 Å². The average molecular weight is 285 g/mol. The SMILES string of the molecule is COCCCNC(=O)CN[C@H](C)c1ccccc1Cl. The number of rotatable bonds is 8. The van der Waals surface area contributed by atoms with E-state index < -0.39 is 0 Å². The number of carbonyl (C=O) groups is 1. The lowest BCUT2D eigenvalue weighted by Gasteiger charge is -2.15. The molecular formula is C14H21ClN2O2. The molecule has 0 aliphatic rings. The van der Waals surface area contributed by atoms with Crippen LogP contribution in [0.25, 0.3) is 0 Å². The van der Waals surface area contributed by atoms with Crippen molar-refractivity contribution in [2.45, 2.75) is 19.4 Å². The summed E-state index contributed by atoms with van der Waals surface area (Å²) in [4.78, 5) is 11.6. The molecule has 0 heterocycles. The molecule has 0 aromatic heterocycles. The first-order valence-corrected chi connectivity index (χ1v) is 6.76. The van der Waals surface area contributed by atoms with Gasteiger partial charge >= 0.3 is 0 Å². The van der Waals surface area contributed by atoms with Crippen molar-refractivity contribution in [1.29, 1.82) is 0 Å². The number of hydrogen-bond donors (Lipinski definition) is 2. The van der Waals surface area contributed by atoms with E-state index in [2.05, 4.69) is 10.6 Å². The maximum Gasteiger partial charge on any atom is 0.233 e. The van der Waals surface area contributed by atoms with Crippen LogP contribution in [0.5, 0.6) is 0 Å². The first-order valence-electron chi connectivity index (χ1n) is 6.38. The van der Waals surface area contributed by atoms with Crippen LogP contribution in [0.15, 0.2) is 24.3 Å². The lowest BCUT2D eigenvalue weighted by molar-refractivity contribution is -0.120. The quantitative estimate of drug-likeness (QED) is 0.719. The molecular weight excluding hydrogens is 264 g/mol. The molecule has 1 aromatic rings. The van der Waals surface area contributed by atoms with Crippen LogP contribution < -0.4 is 10.6 Å². The van der Waals surface area contributed by atoms with E-state index in [0.717, 1.165) is 12.0 Å². The van der Waals surface area contributed by atoms with E-state index in [0.29, 0.717) is 18.2 Å². The first-order chi connectivity index (χ1) is 9.15. The van der Waals surface area contributed by atoms with Crippen molar-refractivity contribution in [3.8, 4) is 0 Å². The third-order valence-corrected chi connectivity index (χ3v) is 3.13. The van der Waals surface area contributed by atoms with Crippen LogP contribution in [0.4, 0.5) is 0 Å². The van der Waals surface area contributed by atoms with E-state index in [1.54, 1.807) is 7.11 Å². The molecule has 106 valence electrons. The maximum atomic E-state index is 11.6. The van der Waals surface area contributed by atoms with Gasteiger partial charge in [0.1, 0.15) is 0 Å². The van der Waals surface area contributed by atoms with Crippen molar-refractivity contribution in [3.63, 3.8) is 0 Å². The molecule has 1 atom stereocenters. The summed E-state index contributed by atoms with van der Waals surface area (Å²) in [7, 11) is 1.65. The number of amides is 1. The molecule has 2 N–H and O–H groups in total. The van der Waals surface area contributed by atoms with Gasteiger partial charge in [0.05, 0.1) is 6.54 Å². The van der Waals surface area contributed by atoms with Crippen molar-refractivity contribution < 1.29 is 9.53 Å². The number of nitrogens with one attached hydrogen (secondary N) is 2. The summed E-state index contributed by atoms with van der Waals surface area (Å²) in [6.07, 6.45) is 0.822. The Balaban J connectivity index is 2.28. The molecule has 1 rings (SSSR count). The average Bonchev–Trinajstić information content (AvgIpc) is 2.41. The molecule has 5 heteroatoms. The Labute approximate surface area is 119 Å². The third kappa shape index (κ3) is 6.05. The van der Waals surface area contributed by atoms with Gasteiger partial charge in [0, 0.05) is 31.3 Å². The summed E-state index contributed by atoms with van der Waals surface area (Å²) in [6.45, 7) is 3.55. The van der Waals surface area contributed by atoms with Crippen LogP contribution in [0.2, 0.25) is 5.02 Å². The van der Waals surface area contributed by atoms with E-state index in [-0.39, 0.29) is 18.5 Å². The zero-order valence-corrected chi connectivity index (χ0v) is 12.2. The van der Waals surface area contributed by atoms with Crippen molar-refractivity contribution in [1.82, 2.24) is 10.6 Å². The van der Waals surface area contributed by atoms with Crippen LogP contribution in [-0.4, -0.2) is 32.7 Å². The summed E-state index contributed by atoms with van der Waals surface area (Å²) >= 11 is 6.10. The van der Waals surface area contributed by atoms with Gasteiger partial charge in [0.2, 0.25) is 5.91 Å². The predicted octanol–water partition coefficient (Wildman–Crippen LogP) is 2.14. The smallest absolute Gasteiger partial charge is 0.233 e. The molecule has 1 amide bonds. The fraction of sp³-hybridized carbons (Fsp3) is 0.500. The monoisotopic (exact) mass is 284 g/mol. The molecule has 0 saturated carbocycles. The molecule has 1 aromatic carbocycles. The zero-order chi connectivity index (χ0) is 14.1.